The van der Waals surface area contributed by atoms with Crippen LogP contribution in [0.3, 0.4) is 0 Å². The van der Waals surface area contributed by atoms with Crippen LogP contribution in [-0.4, -0.2) is 28.4 Å². The van der Waals surface area contributed by atoms with Crippen LogP contribution in [0, 0.1) is 0 Å². The summed E-state index contributed by atoms with van der Waals surface area (Å²) in [5, 5.41) is 21.7. The summed E-state index contributed by atoms with van der Waals surface area (Å²) in [7, 11) is 1.40. The molecule has 2 aromatic rings. The molecule has 0 aliphatic rings. The molecule has 0 aliphatic carbocycles. The van der Waals surface area contributed by atoms with Crippen LogP contribution in [0.25, 0.3) is 11.3 Å². The predicted octanol–water partition coefficient (Wildman–Crippen LogP) is 1.75. The lowest BCUT2D eigenvalue weighted by Gasteiger charge is -2.06. The average molecular weight is 235 g/mol. The van der Waals surface area contributed by atoms with Crippen LogP contribution < -0.4 is 4.74 Å². The van der Waals surface area contributed by atoms with E-state index in [1.165, 1.54) is 19.2 Å². The molecule has 1 aromatic heterocycles. The van der Waals surface area contributed by atoms with Gasteiger partial charge in [-0.3, -0.25) is 0 Å². The molecule has 0 spiro atoms. The van der Waals surface area contributed by atoms with Crippen molar-refractivity contribution in [2.75, 3.05) is 7.11 Å². The van der Waals surface area contributed by atoms with Gasteiger partial charge in [0.25, 0.3) is 0 Å². The van der Waals surface area contributed by atoms with Gasteiger partial charge < -0.3 is 19.5 Å². The Morgan fingerprint density at radius 1 is 1.47 bits per heavy atom. The third kappa shape index (κ3) is 1.92. The predicted molar refractivity (Wildman–Crippen MR) is 57.1 cm³/mol. The van der Waals surface area contributed by atoms with Crippen LogP contribution in [-0.2, 0) is 0 Å². The standard InChI is InChI=1S/C11H9NO5/c1-16-10-6(3-2-4-8(10)13)9-5-7(11(14)15)12-17-9/h2-5,13H,1H3,(H,14,15). The molecule has 6 nitrogen and oxygen atoms in total. The van der Waals surface area contributed by atoms with Gasteiger partial charge in [0.05, 0.1) is 12.7 Å². The molecule has 0 bridgehead atoms. The lowest BCUT2D eigenvalue weighted by atomic mass is 10.1. The molecular weight excluding hydrogens is 226 g/mol. The number of aromatic carboxylic acids is 1. The van der Waals surface area contributed by atoms with Crippen LogP contribution in [0.5, 0.6) is 11.5 Å². The number of hydrogen-bond acceptors (Lipinski definition) is 5. The molecule has 1 heterocycles. The van der Waals surface area contributed by atoms with Crippen molar-refractivity contribution in [3.05, 3.63) is 30.0 Å². The average Bonchev–Trinajstić information content (AvgIpc) is 2.77. The molecule has 0 radical (unpaired) electrons. The fourth-order valence-corrected chi connectivity index (χ4v) is 1.44. The number of benzene rings is 1. The van der Waals surface area contributed by atoms with Gasteiger partial charge in [0.1, 0.15) is 0 Å². The van der Waals surface area contributed by atoms with Crippen LogP contribution in [0.1, 0.15) is 10.5 Å². The van der Waals surface area contributed by atoms with Gasteiger partial charge in [-0.1, -0.05) is 11.2 Å². The summed E-state index contributed by atoms with van der Waals surface area (Å²) in [6.07, 6.45) is 0. The molecule has 0 amide bonds. The second-order valence-electron chi connectivity index (χ2n) is 3.24. The summed E-state index contributed by atoms with van der Waals surface area (Å²) in [6, 6.07) is 5.94. The van der Waals surface area contributed by atoms with Crippen molar-refractivity contribution < 1.29 is 24.3 Å². The van der Waals surface area contributed by atoms with Crippen molar-refractivity contribution in [1.82, 2.24) is 5.16 Å². The summed E-state index contributed by atoms with van der Waals surface area (Å²) in [5.41, 5.74) is 0.234. The maximum absolute atomic E-state index is 10.7. The Kier molecular flexibility index (Phi) is 2.70. The zero-order valence-electron chi connectivity index (χ0n) is 8.88. The van der Waals surface area contributed by atoms with Gasteiger partial charge in [0.15, 0.2) is 23.0 Å². The summed E-state index contributed by atoms with van der Waals surface area (Å²) >= 11 is 0. The van der Waals surface area contributed by atoms with Gasteiger partial charge in [0.2, 0.25) is 0 Å². The number of carboxylic acids is 1. The molecule has 0 aliphatic heterocycles. The number of aromatic hydroxyl groups is 1. The molecule has 1 aromatic carbocycles. The van der Waals surface area contributed by atoms with E-state index in [0.717, 1.165) is 0 Å². The highest BCUT2D eigenvalue weighted by molar-refractivity contribution is 5.87. The molecule has 88 valence electrons. The Hall–Kier alpha value is -2.50. The second kappa shape index (κ2) is 4.17. The number of phenols is 1. The highest BCUT2D eigenvalue weighted by atomic mass is 16.5. The van der Waals surface area contributed by atoms with Crippen LogP contribution in [0.4, 0.5) is 0 Å². The maximum atomic E-state index is 10.7. The van der Waals surface area contributed by atoms with Gasteiger partial charge in [-0.05, 0) is 12.1 Å². The Morgan fingerprint density at radius 3 is 2.82 bits per heavy atom. The highest BCUT2D eigenvalue weighted by Crippen LogP contribution is 2.37. The number of carbonyl (C=O) groups is 1. The number of methoxy groups -OCH3 is 1. The molecule has 6 heteroatoms. The number of aromatic nitrogens is 1. The Bertz CT molecular complexity index is 561. The van der Waals surface area contributed by atoms with Gasteiger partial charge >= 0.3 is 5.97 Å². The number of nitrogens with zero attached hydrogens (tertiary/aromatic N) is 1. The topological polar surface area (TPSA) is 92.8 Å². The first-order chi connectivity index (χ1) is 8.13. The molecule has 2 rings (SSSR count). The second-order valence-corrected chi connectivity index (χ2v) is 3.24. The molecule has 2 N–H and O–H groups in total. The SMILES string of the molecule is COc1c(O)cccc1-c1cc(C(=O)O)no1. The van der Waals surface area contributed by atoms with Crippen molar-refractivity contribution in [3.8, 4) is 22.8 Å². The number of rotatable bonds is 3. The third-order valence-electron chi connectivity index (χ3n) is 2.19. The molecule has 0 saturated heterocycles. The quantitative estimate of drug-likeness (QED) is 0.841. The zero-order chi connectivity index (χ0) is 12.4. The van der Waals surface area contributed by atoms with E-state index in [2.05, 4.69) is 5.16 Å². The minimum absolute atomic E-state index is 0.0572. The van der Waals surface area contributed by atoms with Crippen molar-refractivity contribution in [2.45, 2.75) is 0 Å². The Labute approximate surface area is 96.0 Å². The first-order valence-corrected chi connectivity index (χ1v) is 4.70. The largest absolute Gasteiger partial charge is 0.504 e. The van der Waals surface area contributed by atoms with E-state index in [-0.39, 0.29) is 23.0 Å². The van der Waals surface area contributed by atoms with Crippen molar-refractivity contribution in [2.24, 2.45) is 0 Å². The van der Waals surface area contributed by atoms with Crippen LogP contribution in [0.2, 0.25) is 0 Å². The van der Waals surface area contributed by atoms with E-state index in [1.54, 1.807) is 12.1 Å². The molecule has 0 saturated carbocycles. The summed E-state index contributed by atoms with van der Waals surface area (Å²) in [4.78, 5) is 10.7. The fraction of sp³-hybridized carbons (Fsp3) is 0.0909. The number of ether oxygens (including phenoxy) is 1. The van der Waals surface area contributed by atoms with E-state index in [1.807, 2.05) is 0 Å². The van der Waals surface area contributed by atoms with Gasteiger partial charge in [-0.15, -0.1) is 0 Å². The molecule has 0 unspecified atom stereocenters. The smallest absolute Gasteiger partial charge is 0.358 e. The van der Waals surface area contributed by atoms with E-state index < -0.39 is 5.97 Å². The van der Waals surface area contributed by atoms with Crippen LogP contribution >= 0.6 is 0 Å². The van der Waals surface area contributed by atoms with Gasteiger partial charge in [-0.25, -0.2) is 4.79 Å². The minimum Gasteiger partial charge on any atom is -0.504 e. The molecule has 0 atom stereocenters. The first-order valence-electron chi connectivity index (χ1n) is 4.70. The fourth-order valence-electron chi connectivity index (χ4n) is 1.44. The number of carboxylic acid groups (broad SMARTS) is 1. The first kappa shape index (κ1) is 11.0. The Morgan fingerprint density at radius 2 is 2.24 bits per heavy atom. The summed E-state index contributed by atoms with van der Waals surface area (Å²) < 4.78 is 9.90. The van der Waals surface area contributed by atoms with Crippen molar-refractivity contribution in [1.29, 1.82) is 0 Å². The van der Waals surface area contributed by atoms with Gasteiger partial charge in [-0.2, -0.15) is 0 Å². The lowest BCUT2D eigenvalue weighted by molar-refractivity contribution is 0.0686. The Balaban J connectivity index is 2.52. The number of para-hydroxylation sites is 1. The van der Waals surface area contributed by atoms with Crippen LogP contribution in [0.15, 0.2) is 28.8 Å². The van der Waals surface area contributed by atoms with Crippen molar-refractivity contribution in [3.63, 3.8) is 0 Å². The summed E-state index contributed by atoms with van der Waals surface area (Å²) in [6.45, 7) is 0. The number of phenolic OH excluding ortho intramolecular Hbond substituents is 1. The van der Waals surface area contributed by atoms with E-state index in [0.29, 0.717) is 5.56 Å². The monoisotopic (exact) mass is 235 g/mol. The highest BCUT2D eigenvalue weighted by Gasteiger charge is 2.17. The lowest BCUT2D eigenvalue weighted by Crippen LogP contribution is -1.94. The van der Waals surface area contributed by atoms with Gasteiger partial charge in [0, 0.05) is 6.07 Å². The van der Waals surface area contributed by atoms with E-state index in [4.69, 9.17) is 14.4 Å². The zero-order valence-corrected chi connectivity index (χ0v) is 8.88. The summed E-state index contributed by atoms with van der Waals surface area (Å²) in [5.74, 6) is -0.812. The molecule has 0 fully saturated rings. The third-order valence-corrected chi connectivity index (χ3v) is 2.19. The van der Waals surface area contributed by atoms with E-state index in [9.17, 15) is 9.90 Å². The normalized spacial score (nSPS) is 10.2. The van der Waals surface area contributed by atoms with Crippen molar-refractivity contribution >= 4 is 5.97 Å². The molecule has 17 heavy (non-hydrogen) atoms. The minimum atomic E-state index is -1.18. The van der Waals surface area contributed by atoms with E-state index >= 15 is 0 Å². The maximum Gasteiger partial charge on any atom is 0.358 e. The number of hydrogen-bond donors (Lipinski definition) is 2. The molecular formula is C11H9NO5.